The van der Waals surface area contributed by atoms with E-state index in [-0.39, 0.29) is 17.7 Å². The highest BCUT2D eigenvalue weighted by Crippen LogP contribution is 2.32. The van der Waals surface area contributed by atoms with Crippen molar-refractivity contribution in [1.29, 1.82) is 0 Å². The molecule has 31 heavy (non-hydrogen) atoms. The Morgan fingerprint density at radius 3 is 2.52 bits per heavy atom. The lowest BCUT2D eigenvalue weighted by Gasteiger charge is -2.34. The molecule has 0 bridgehead atoms. The normalized spacial score (nSPS) is 15.8. The van der Waals surface area contributed by atoms with Crippen LogP contribution in [0.1, 0.15) is 34.1 Å². The minimum Gasteiger partial charge on any atom is -0.355 e. The molecule has 2 aliphatic heterocycles. The number of hydrogen-bond donors (Lipinski definition) is 3. The molecule has 0 saturated carbocycles. The molecule has 8 heteroatoms. The first-order valence-electron chi connectivity index (χ1n) is 10.6. The highest BCUT2D eigenvalue weighted by atomic mass is 16.2. The first-order valence-corrected chi connectivity index (χ1v) is 10.6. The molecule has 0 aromatic heterocycles. The van der Waals surface area contributed by atoms with Crippen LogP contribution in [-0.2, 0) is 4.79 Å². The van der Waals surface area contributed by atoms with Crippen LogP contribution in [0.5, 0.6) is 0 Å². The predicted molar refractivity (Wildman–Crippen MR) is 120 cm³/mol. The van der Waals surface area contributed by atoms with Gasteiger partial charge < -0.3 is 20.9 Å². The zero-order chi connectivity index (χ0) is 21.8. The van der Waals surface area contributed by atoms with E-state index in [0.717, 1.165) is 17.8 Å². The Morgan fingerprint density at radius 1 is 0.968 bits per heavy atom. The molecule has 0 unspecified atom stereocenters. The number of piperazine rings is 1. The molecule has 2 heterocycles. The predicted octanol–water partition coefficient (Wildman–Crippen LogP) is 2.28. The van der Waals surface area contributed by atoms with Gasteiger partial charge in [0.15, 0.2) is 0 Å². The van der Waals surface area contributed by atoms with E-state index in [1.54, 1.807) is 23.1 Å². The number of carbonyl (C=O) groups is 3. The monoisotopic (exact) mass is 421 g/mol. The van der Waals surface area contributed by atoms with Gasteiger partial charge in [0.25, 0.3) is 11.8 Å². The number of fused-ring (bicyclic) bond motifs is 2. The van der Waals surface area contributed by atoms with Crippen LogP contribution in [-0.4, -0.2) is 66.8 Å². The molecular formula is C23H27N5O3. The van der Waals surface area contributed by atoms with Crippen LogP contribution in [0.25, 0.3) is 0 Å². The minimum atomic E-state index is -0.207. The van der Waals surface area contributed by atoms with Crippen LogP contribution in [0.2, 0.25) is 0 Å². The van der Waals surface area contributed by atoms with E-state index in [1.165, 1.54) is 0 Å². The lowest BCUT2D eigenvalue weighted by Crippen LogP contribution is -2.51. The second kappa shape index (κ2) is 9.18. The van der Waals surface area contributed by atoms with Gasteiger partial charge in [0, 0.05) is 38.3 Å². The summed E-state index contributed by atoms with van der Waals surface area (Å²) in [5.41, 5.74) is 3.15. The van der Waals surface area contributed by atoms with Crippen molar-refractivity contribution in [3.8, 4) is 0 Å². The van der Waals surface area contributed by atoms with Crippen molar-refractivity contribution in [2.45, 2.75) is 13.3 Å². The van der Waals surface area contributed by atoms with Gasteiger partial charge >= 0.3 is 0 Å². The highest BCUT2D eigenvalue weighted by Gasteiger charge is 2.25. The molecule has 0 atom stereocenters. The van der Waals surface area contributed by atoms with Crippen molar-refractivity contribution in [3.63, 3.8) is 0 Å². The van der Waals surface area contributed by atoms with E-state index in [4.69, 9.17) is 0 Å². The van der Waals surface area contributed by atoms with Gasteiger partial charge in [0.05, 0.1) is 29.2 Å². The summed E-state index contributed by atoms with van der Waals surface area (Å²) >= 11 is 0. The van der Waals surface area contributed by atoms with Gasteiger partial charge in [-0.2, -0.15) is 0 Å². The van der Waals surface area contributed by atoms with Gasteiger partial charge in [-0.15, -0.1) is 0 Å². The van der Waals surface area contributed by atoms with Crippen molar-refractivity contribution < 1.29 is 14.4 Å². The molecule has 3 amide bonds. The summed E-state index contributed by atoms with van der Waals surface area (Å²) in [7, 11) is 0. The van der Waals surface area contributed by atoms with Gasteiger partial charge in [-0.25, -0.2) is 0 Å². The van der Waals surface area contributed by atoms with Crippen molar-refractivity contribution in [2.24, 2.45) is 0 Å². The number of nitrogens with one attached hydrogen (secondary N) is 3. The first-order chi connectivity index (χ1) is 15.0. The third-order valence-electron chi connectivity index (χ3n) is 5.55. The molecule has 2 aliphatic rings. The Morgan fingerprint density at radius 2 is 1.74 bits per heavy atom. The van der Waals surface area contributed by atoms with E-state index in [0.29, 0.717) is 56.1 Å². The number of nitrogens with zero attached hydrogens (tertiary/aromatic N) is 2. The summed E-state index contributed by atoms with van der Waals surface area (Å²) in [6.45, 7) is 5.51. The second-order valence-corrected chi connectivity index (χ2v) is 7.80. The third-order valence-corrected chi connectivity index (χ3v) is 5.55. The summed E-state index contributed by atoms with van der Waals surface area (Å²) in [5.74, 6) is -0.257. The third kappa shape index (κ3) is 4.69. The molecule has 0 aliphatic carbocycles. The fourth-order valence-corrected chi connectivity index (χ4v) is 3.83. The van der Waals surface area contributed by atoms with E-state index < -0.39 is 0 Å². The topological polar surface area (TPSA) is 93.8 Å². The molecule has 2 aromatic carbocycles. The number of para-hydroxylation sites is 1. The molecule has 1 fully saturated rings. The Hall–Kier alpha value is -3.39. The lowest BCUT2D eigenvalue weighted by molar-refractivity contribution is -0.122. The maximum atomic E-state index is 13.0. The van der Waals surface area contributed by atoms with Gasteiger partial charge in [-0.1, -0.05) is 19.1 Å². The summed E-state index contributed by atoms with van der Waals surface area (Å²) in [5, 5.41) is 9.04. The highest BCUT2D eigenvalue weighted by molar-refractivity contribution is 6.12. The molecule has 0 spiro atoms. The van der Waals surface area contributed by atoms with Crippen LogP contribution >= 0.6 is 0 Å². The fourth-order valence-electron chi connectivity index (χ4n) is 3.83. The number of anilines is 3. The van der Waals surface area contributed by atoms with Crippen molar-refractivity contribution in [2.75, 3.05) is 49.9 Å². The average Bonchev–Trinajstić information content (AvgIpc) is 2.93. The maximum absolute atomic E-state index is 13.0. The lowest BCUT2D eigenvalue weighted by atomic mass is 10.1. The molecule has 4 rings (SSSR count). The van der Waals surface area contributed by atoms with Crippen molar-refractivity contribution in [1.82, 2.24) is 15.1 Å². The van der Waals surface area contributed by atoms with E-state index >= 15 is 0 Å². The molecule has 2 aromatic rings. The van der Waals surface area contributed by atoms with Crippen LogP contribution in [0, 0.1) is 0 Å². The summed E-state index contributed by atoms with van der Waals surface area (Å²) in [4.78, 5) is 41.4. The molecular weight excluding hydrogens is 394 g/mol. The number of amides is 3. The minimum absolute atomic E-state index is 0.0246. The molecule has 8 nitrogen and oxygen atoms in total. The van der Waals surface area contributed by atoms with Crippen LogP contribution in [0.15, 0.2) is 42.5 Å². The zero-order valence-corrected chi connectivity index (χ0v) is 17.6. The molecule has 162 valence electrons. The van der Waals surface area contributed by atoms with Crippen molar-refractivity contribution >= 4 is 34.8 Å². The SMILES string of the molecule is CCCNC(=O)CN1CCN(C(=O)c2ccc3c(c2)NC(=O)c2ccccc2N3)CC1. The summed E-state index contributed by atoms with van der Waals surface area (Å²) in [6.07, 6.45) is 0.914. The maximum Gasteiger partial charge on any atom is 0.257 e. The van der Waals surface area contributed by atoms with E-state index in [9.17, 15) is 14.4 Å². The second-order valence-electron chi connectivity index (χ2n) is 7.80. The summed E-state index contributed by atoms with van der Waals surface area (Å²) in [6, 6.07) is 12.6. The van der Waals surface area contributed by atoms with E-state index in [2.05, 4.69) is 20.9 Å². The van der Waals surface area contributed by atoms with Crippen LogP contribution in [0.3, 0.4) is 0 Å². The van der Waals surface area contributed by atoms with Crippen LogP contribution in [0.4, 0.5) is 17.1 Å². The van der Waals surface area contributed by atoms with Gasteiger partial charge in [-0.3, -0.25) is 19.3 Å². The first kappa shape index (κ1) is 20.9. The molecule has 1 saturated heterocycles. The van der Waals surface area contributed by atoms with E-state index in [1.807, 2.05) is 31.2 Å². The number of carbonyl (C=O) groups excluding carboxylic acids is 3. The van der Waals surface area contributed by atoms with Crippen molar-refractivity contribution in [3.05, 3.63) is 53.6 Å². The standard InChI is InChI=1S/C23H27N5O3/c1-2-9-24-21(29)15-27-10-12-28(13-11-27)23(31)16-7-8-19-20(14-16)26-22(30)17-5-3-4-6-18(17)25-19/h3-8,14,25H,2,9-13,15H2,1H3,(H,24,29)(H,26,30). The fraction of sp³-hybridized carbons (Fsp3) is 0.348. The Labute approximate surface area is 181 Å². The molecule has 3 N–H and O–H groups in total. The quantitative estimate of drug-likeness (QED) is 0.689. The zero-order valence-electron chi connectivity index (χ0n) is 17.6. The van der Waals surface area contributed by atoms with Crippen LogP contribution < -0.4 is 16.0 Å². The Balaban J connectivity index is 1.40. The Kier molecular flexibility index (Phi) is 6.18. The Bertz CT molecular complexity index is 998. The number of benzene rings is 2. The van der Waals surface area contributed by atoms with Gasteiger partial charge in [0.2, 0.25) is 5.91 Å². The largest absolute Gasteiger partial charge is 0.355 e. The number of rotatable bonds is 5. The van der Waals surface area contributed by atoms with Gasteiger partial charge in [0.1, 0.15) is 0 Å². The summed E-state index contributed by atoms with van der Waals surface area (Å²) < 4.78 is 0. The smallest absolute Gasteiger partial charge is 0.257 e. The average molecular weight is 422 g/mol. The molecule has 0 radical (unpaired) electrons. The van der Waals surface area contributed by atoms with Gasteiger partial charge in [-0.05, 0) is 36.8 Å². The number of hydrogen-bond acceptors (Lipinski definition) is 5.